The Labute approximate surface area is 112 Å². The number of rotatable bonds is 3. The van der Waals surface area contributed by atoms with Crippen LogP contribution in [0.3, 0.4) is 0 Å². The molecular formula is C14H18N2O3. The number of aryl methyl sites for hydroxylation is 1. The molecule has 2 rings (SSSR count). The second-order valence-corrected chi connectivity index (χ2v) is 4.61. The second kappa shape index (κ2) is 6.33. The summed E-state index contributed by atoms with van der Waals surface area (Å²) in [6, 6.07) is 7.33. The Hall–Kier alpha value is -1.88. The topological polar surface area (TPSA) is 67.4 Å². The quantitative estimate of drug-likeness (QED) is 0.805. The molecule has 1 aromatic rings. The van der Waals surface area contributed by atoms with Crippen LogP contribution in [0.2, 0.25) is 0 Å². The minimum Gasteiger partial charge on any atom is -0.376 e. The van der Waals surface area contributed by atoms with Crippen molar-refractivity contribution in [2.24, 2.45) is 0 Å². The summed E-state index contributed by atoms with van der Waals surface area (Å²) in [4.78, 5) is 23.3. The van der Waals surface area contributed by atoms with E-state index in [2.05, 4.69) is 10.6 Å². The molecule has 0 spiro atoms. The summed E-state index contributed by atoms with van der Waals surface area (Å²) in [7, 11) is 0. The molecule has 5 nitrogen and oxygen atoms in total. The number of amides is 2. The summed E-state index contributed by atoms with van der Waals surface area (Å²) in [5, 5.41) is 5.18. The van der Waals surface area contributed by atoms with Crippen molar-refractivity contribution in [2.45, 2.75) is 25.9 Å². The van der Waals surface area contributed by atoms with Gasteiger partial charge in [0.15, 0.2) is 0 Å². The van der Waals surface area contributed by atoms with Gasteiger partial charge in [-0.05, 0) is 31.4 Å². The molecule has 1 atom stereocenters. The Morgan fingerprint density at radius 3 is 2.79 bits per heavy atom. The van der Waals surface area contributed by atoms with Crippen molar-refractivity contribution in [3.05, 3.63) is 29.8 Å². The number of anilines is 1. The Kier molecular flexibility index (Phi) is 4.52. The van der Waals surface area contributed by atoms with Gasteiger partial charge in [-0.3, -0.25) is 9.59 Å². The minimum atomic E-state index is -0.646. The lowest BCUT2D eigenvalue weighted by molar-refractivity contribution is -0.136. The van der Waals surface area contributed by atoms with Crippen LogP contribution >= 0.6 is 0 Å². The van der Waals surface area contributed by atoms with Crippen molar-refractivity contribution in [3.63, 3.8) is 0 Å². The maximum Gasteiger partial charge on any atom is 0.313 e. The number of carbonyl (C=O) groups excluding carboxylic acids is 2. The third-order valence-electron chi connectivity index (χ3n) is 3.11. The monoisotopic (exact) mass is 262 g/mol. The molecule has 2 amide bonds. The first-order valence-electron chi connectivity index (χ1n) is 6.43. The molecule has 102 valence electrons. The Morgan fingerprint density at radius 2 is 2.11 bits per heavy atom. The Bertz CT molecular complexity index is 468. The highest BCUT2D eigenvalue weighted by Gasteiger charge is 2.19. The van der Waals surface area contributed by atoms with Gasteiger partial charge in [-0.2, -0.15) is 0 Å². The fraction of sp³-hybridized carbons (Fsp3) is 0.429. The van der Waals surface area contributed by atoms with Crippen LogP contribution in [0, 0.1) is 6.92 Å². The smallest absolute Gasteiger partial charge is 0.313 e. The lowest BCUT2D eigenvalue weighted by atomic mass is 10.2. The summed E-state index contributed by atoms with van der Waals surface area (Å²) in [6.45, 7) is 3.00. The molecule has 0 aliphatic carbocycles. The number of benzene rings is 1. The van der Waals surface area contributed by atoms with E-state index in [0.717, 1.165) is 25.0 Å². The van der Waals surface area contributed by atoms with E-state index in [4.69, 9.17) is 4.74 Å². The molecule has 19 heavy (non-hydrogen) atoms. The van der Waals surface area contributed by atoms with E-state index in [1.54, 1.807) is 6.07 Å². The minimum absolute atomic E-state index is 0.0372. The third-order valence-corrected chi connectivity index (χ3v) is 3.11. The Morgan fingerprint density at radius 1 is 1.32 bits per heavy atom. The Balaban J connectivity index is 1.82. The van der Waals surface area contributed by atoms with Crippen LogP contribution < -0.4 is 10.6 Å². The van der Waals surface area contributed by atoms with Gasteiger partial charge in [0, 0.05) is 18.8 Å². The van der Waals surface area contributed by atoms with Gasteiger partial charge in [-0.1, -0.05) is 18.2 Å². The van der Waals surface area contributed by atoms with Gasteiger partial charge in [0.1, 0.15) is 0 Å². The molecule has 0 radical (unpaired) electrons. The molecule has 1 aromatic carbocycles. The maximum atomic E-state index is 11.7. The van der Waals surface area contributed by atoms with Gasteiger partial charge in [0.25, 0.3) is 0 Å². The van der Waals surface area contributed by atoms with Crippen LogP contribution in [0.4, 0.5) is 5.69 Å². The molecule has 2 N–H and O–H groups in total. The van der Waals surface area contributed by atoms with Gasteiger partial charge in [-0.25, -0.2) is 0 Å². The molecule has 5 heteroatoms. The predicted octanol–water partition coefficient (Wildman–Crippen LogP) is 1.23. The molecule has 0 saturated carbocycles. The van der Waals surface area contributed by atoms with Gasteiger partial charge in [0.05, 0.1) is 6.10 Å². The molecular weight excluding hydrogens is 244 g/mol. The standard InChI is InChI=1S/C14H18N2O3/c1-10-5-2-3-7-12(10)16-14(18)13(17)15-9-11-6-4-8-19-11/h2-3,5,7,11H,4,6,8-9H2,1H3,(H,15,17)(H,16,18)/t11-/m1/s1. The molecule has 1 aliphatic rings. The van der Waals surface area contributed by atoms with Crippen LogP contribution in [-0.2, 0) is 14.3 Å². The maximum absolute atomic E-state index is 11.7. The summed E-state index contributed by atoms with van der Waals surface area (Å²) >= 11 is 0. The van der Waals surface area contributed by atoms with Gasteiger partial charge in [-0.15, -0.1) is 0 Å². The SMILES string of the molecule is Cc1ccccc1NC(=O)C(=O)NC[C@H]1CCCO1. The van der Waals surface area contributed by atoms with E-state index in [-0.39, 0.29) is 6.10 Å². The van der Waals surface area contributed by atoms with Crippen molar-refractivity contribution in [1.82, 2.24) is 5.32 Å². The first-order valence-corrected chi connectivity index (χ1v) is 6.43. The lowest BCUT2D eigenvalue weighted by Gasteiger charge is -2.11. The average molecular weight is 262 g/mol. The van der Waals surface area contributed by atoms with Crippen LogP contribution in [0.5, 0.6) is 0 Å². The molecule has 1 fully saturated rings. The normalized spacial score (nSPS) is 18.1. The summed E-state index contributed by atoms with van der Waals surface area (Å²) in [5.41, 5.74) is 1.57. The largest absolute Gasteiger partial charge is 0.376 e. The van der Waals surface area contributed by atoms with E-state index in [9.17, 15) is 9.59 Å². The van der Waals surface area contributed by atoms with E-state index in [1.807, 2.05) is 25.1 Å². The van der Waals surface area contributed by atoms with Gasteiger partial charge < -0.3 is 15.4 Å². The zero-order valence-corrected chi connectivity index (χ0v) is 10.9. The highest BCUT2D eigenvalue weighted by molar-refractivity contribution is 6.39. The molecule has 0 unspecified atom stereocenters. The van der Waals surface area contributed by atoms with Crippen molar-refractivity contribution in [3.8, 4) is 0 Å². The first-order chi connectivity index (χ1) is 9.16. The van der Waals surface area contributed by atoms with E-state index in [1.165, 1.54) is 0 Å². The van der Waals surface area contributed by atoms with E-state index < -0.39 is 11.8 Å². The predicted molar refractivity (Wildman–Crippen MR) is 71.8 cm³/mol. The molecule has 0 bridgehead atoms. The molecule has 1 saturated heterocycles. The van der Waals surface area contributed by atoms with Crippen LogP contribution in [0.15, 0.2) is 24.3 Å². The van der Waals surface area contributed by atoms with E-state index >= 15 is 0 Å². The molecule has 1 heterocycles. The van der Waals surface area contributed by atoms with Crippen LogP contribution in [0.25, 0.3) is 0 Å². The summed E-state index contributed by atoms with van der Waals surface area (Å²) < 4.78 is 5.37. The van der Waals surface area contributed by atoms with Gasteiger partial charge in [0.2, 0.25) is 0 Å². The fourth-order valence-corrected chi connectivity index (χ4v) is 1.98. The van der Waals surface area contributed by atoms with E-state index in [0.29, 0.717) is 12.2 Å². The number of carbonyl (C=O) groups is 2. The number of hydrogen-bond acceptors (Lipinski definition) is 3. The third kappa shape index (κ3) is 3.79. The summed E-state index contributed by atoms with van der Waals surface area (Å²) in [6.07, 6.45) is 1.98. The fourth-order valence-electron chi connectivity index (χ4n) is 1.98. The zero-order chi connectivity index (χ0) is 13.7. The summed E-state index contributed by atoms with van der Waals surface area (Å²) in [5.74, 6) is -1.27. The zero-order valence-electron chi connectivity index (χ0n) is 10.9. The van der Waals surface area contributed by atoms with Crippen molar-refractivity contribution in [1.29, 1.82) is 0 Å². The van der Waals surface area contributed by atoms with Crippen molar-refractivity contribution in [2.75, 3.05) is 18.5 Å². The number of hydrogen-bond donors (Lipinski definition) is 2. The van der Waals surface area contributed by atoms with Crippen molar-refractivity contribution >= 4 is 17.5 Å². The second-order valence-electron chi connectivity index (χ2n) is 4.61. The number of para-hydroxylation sites is 1. The van der Waals surface area contributed by atoms with Crippen LogP contribution in [0.1, 0.15) is 18.4 Å². The van der Waals surface area contributed by atoms with Crippen LogP contribution in [-0.4, -0.2) is 31.1 Å². The molecule has 0 aromatic heterocycles. The highest BCUT2D eigenvalue weighted by atomic mass is 16.5. The van der Waals surface area contributed by atoms with Crippen molar-refractivity contribution < 1.29 is 14.3 Å². The highest BCUT2D eigenvalue weighted by Crippen LogP contribution is 2.13. The average Bonchev–Trinajstić information content (AvgIpc) is 2.91. The lowest BCUT2D eigenvalue weighted by Crippen LogP contribution is -2.39. The van der Waals surface area contributed by atoms with Gasteiger partial charge >= 0.3 is 11.8 Å². The first kappa shape index (κ1) is 13.5. The molecule has 1 aliphatic heterocycles. The number of nitrogens with one attached hydrogen (secondary N) is 2. The number of ether oxygens (including phenoxy) is 1.